The first-order valence-corrected chi connectivity index (χ1v) is 3.56. The molecule has 5 N–H and O–H groups in total. The smallest absolute Gasteiger partial charge is 0.184 e. The maximum Gasteiger partial charge on any atom is 0.184 e. The quantitative estimate of drug-likeness (QED) is 0.275. The molecule has 0 bridgehead atoms. The first-order valence-electron chi connectivity index (χ1n) is 3.56. The SMILES string of the molecule is O[13CH2][13C@H]1O[13CH](O)[13C@@H](O)[13C@@H](O)[13C@@H]1O. The summed E-state index contributed by atoms with van der Waals surface area (Å²) >= 11 is 0. The lowest BCUT2D eigenvalue weighted by molar-refractivity contribution is -0.286. The van der Waals surface area contributed by atoms with E-state index < -0.39 is 37.3 Å². The summed E-state index contributed by atoms with van der Waals surface area (Å²) in [6, 6.07) is 0. The molecule has 0 radical (unpaired) electrons. The van der Waals surface area contributed by atoms with Gasteiger partial charge in [0.05, 0.1) is 6.61 Å². The topological polar surface area (TPSA) is 110 Å². The van der Waals surface area contributed by atoms with Crippen LogP contribution in [0.25, 0.3) is 0 Å². The summed E-state index contributed by atoms with van der Waals surface area (Å²) in [6.07, 6.45) is -7.04. The molecule has 0 spiro atoms. The standard InChI is InChI=1S/C6H12O6/c7-1-2-3(8)4(9)5(10)6(11)12-2/h2-11H,1H2/t2-,3-,4+,5+,6?/m1/s1/i1+1,2+1,3+1,4+1,5+1,6+1. The number of hydrogen-bond donors (Lipinski definition) is 5. The Kier molecular flexibility index (Phi) is 2.99. The van der Waals surface area contributed by atoms with Crippen molar-refractivity contribution >= 4 is 0 Å². The molecule has 1 aliphatic heterocycles. The molecule has 12 heavy (non-hydrogen) atoms. The molecular formula is C6H12O6. The van der Waals surface area contributed by atoms with E-state index in [-0.39, 0.29) is 0 Å². The van der Waals surface area contributed by atoms with Gasteiger partial charge in [-0.1, -0.05) is 0 Å². The Labute approximate surface area is 68.6 Å². The van der Waals surface area contributed by atoms with Crippen LogP contribution in [0.15, 0.2) is 0 Å². The number of aliphatic hydroxyl groups excluding tert-OH is 5. The lowest BCUT2D eigenvalue weighted by atomic mass is 10.9. The third-order valence-electron chi connectivity index (χ3n) is 1.87. The summed E-state index contributed by atoms with van der Waals surface area (Å²) in [5, 5.41) is 44.7. The van der Waals surface area contributed by atoms with Crippen LogP contribution in [0.4, 0.5) is 0 Å². The van der Waals surface area contributed by atoms with E-state index in [1.54, 1.807) is 0 Å². The van der Waals surface area contributed by atoms with Crippen LogP contribution in [0.3, 0.4) is 0 Å². The van der Waals surface area contributed by atoms with Crippen LogP contribution in [0.2, 0.25) is 0 Å². The van der Waals surface area contributed by atoms with E-state index in [0.717, 1.165) is 0 Å². The molecule has 6 nitrogen and oxygen atoms in total. The molecule has 0 aromatic heterocycles. The minimum atomic E-state index is -1.57. The second-order valence-electron chi connectivity index (χ2n) is 2.72. The Hall–Kier alpha value is -0.240. The summed E-state index contributed by atoms with van der Waals surface area (Å²) in [4.78, 5) is 0. The fraction of sp³-hybridized carbons (Fsp3) is 1.00. The molecule has 0 amide bonds. The van der Waals surface area contributed by atoms with Gasteiger partial charge in [-0.05, 0) is 0 Å². The Balaban J connectivity index is 2.63. The van der Waals surface area contributed by atoms with E-state index in [4.69, 9.17) is 25.5 Å². The van der Waals surface area contributed by atoms with E-state index in [1.165, 1.54) is 0 Å². The van der Waals surface area contributed by atoms with Crippen molar-refractivity contribution in [3.05, 3.63) is 0 Å². The van der Waals surface area contributed by atoms with Gasteiger partial charge in [0.2, 0.25) is 0 Å². The van der Waals surface area contributed by atoms with Gasteiger partial charge in [0.1, 0.15) is 24.4 Å². The second kappa shape index (κ2) is 3.65. The number of rotatable bonds is 1. The first-order chi connectivity index (χ1) is 5.57. The molecular weight excluding hydrogens is 174 g/mol. The van der Waals surface area contributed by atoms with Crippen molar-refractivity contribution in [1.82, 2.24) is 0 Å². The summed E-state index contributed by atoms with van der Waals surface area (Å²) < 4.78 is 4.58. The van der Waals surface area contributed by atoms with E-state index in [2.05, 4.69) is 4.74 Å². The third kappa shape index (κ3) is 1.58. The molecule has 1 unspecified atom stereocenters. The van der Waals surface area contributed by atoms with Crippen molar-refractivity contribution in [1.29, 1.82) is 0 Å². The Morgan fingerprint density at radius 3 is 2.00 bits per heavy atom. The average molecular weight is 186 g/mol. The van der Waals surface area contributed by atoms with E-state index in [1.807, 2.05) is 0 Å². The van der Waals surface area contributed by atoms with Crippen LogP contribution in [0.1, 0.15) is 0 Å². The summed E-state index contributed by atoms with van der Waals surface area (Å²) in [7, 11) is 0. The predicted molar refractivity (Wildman–Crippen MR) is 36.0 cm³/mol. The lowest BCUT2D eigenvalue weighted by Gasteiger charge is -2.37. The minimum Gasteiger partial charge on any atom is -0.394 e. The van der Waals surface area contributed by atoms with E-state index >= 15 is 0 Å². The highest BCUT2D eigenvalue weighted by atomic mass is 16.8. The summed E-state index contributed by atoms with van der Waals surface area (Å²) in [5.74, 6) is 0. The zero-order chi connectivity index (χ0) is 9.30. The highest BCUT2D eigenvalue weighted by Crippen LogP contribution is 2.18. The first kappa shape index (κ1) is 9.85. The van der Waals surface area contributed by atoms with Gasteiger partial charge in [0.25, 0.3) is 0 Å². The molecule has 1 saturated heterocycles. The van der Waals surface area contributed by atoms with Crippen molar-refractivity contribution < 1.29 is 30.3 Å². The Morgan fingerprint density at radius 2 is 1.50 bits per heavy atom. The van der Waals surface area contributed by atoms with Gasteiger partial charge >= 0.3 is 0 Å². The fourth-order valence-electron chi connectivity index (χ4n) is 1.08. The highest BCUT2D eigenvalue weighted by Gasteiger charge is 2.42. The Morgan fingerprint density at radius 1 is 0.917 bits per heavy atom. The number of ether oxygens (including phenoxy) is 1. The normalized spacial score (nSPS) is 49.2. The fourth-order valence-corrected chi connectivity index (χ4v) is 1.08. The van der Waals surface area contributed by atoms with Gasteiger partial charge in [0.15, 0.2) is 6.29 Å². The van der Waals surface area contributed by atoms with Gasteiger partial charge in [-0.3, -0.25) is 0 Å². The zero-order valence-electron chi connectivity index (χ0n) is 6.24. The number of aliphatic hydroxyl groups is 5. The van der Waals surface area contributed by atoms with E-state index in [0.29, 0.717) is 0 Å². The van der Waals surface area contributed by atoms with Crippen molar-refractivity contribution in [3.63, 3.8) is 0 Å². The van der Waals surface area contributed by atoms with Crippen LogP contribution < -0.4 is 0 Å². The molecule has 0 saturated carbocycles. The van der Waals surface area contributed by atoms with Crippen LogP contribution in [-0.4, -0.2) is 62.8 Å². The van der Waals surface area contributed by atoms with Crippen molar-refractivity contribution in [3.8, 4) is 0 Å². The van der Waals surface area contributed by atoms with Gasteiger partial charge in [-0.2, -0.15) is 0 Å². The van der Waals surface area contributed by atoms with Gasteiger partial charge in [-0.25, -0.2) is 0 Å². The molecule has 5 atom stereocenters. The average Bonchev–Trinajstić information content (AvgIpc) is 2.08. The lowest BCUT2D eigenvalue weighted by Crippen LogP contribution is -2.58. The van der Waals surface area contributed by atoms with E-state index in [9.17, 15) is 0 Å². The molecule has 72 valence electrons. The predicted octanol–water partition coefficient (Wildman–Crippen LogP) is -3.22. The molecule has 1 aliphatic rings. The summed E-state index contributed by atoms with van der Waals surface area (Å²) in [5.41, 5.74) is 0. The molecule has 0 aromatic carbocycles. The minimum absolute atomic E-state index is 0.526. The molecule has 1 fully saturated rings. The van der Waals surface area contributed by atoms with Gasteiger partial charge < -0.3 is 30.3 Å². The maximum absolute atomic E-state index is 9.12. The van der Waals surface area contributed by atoms with Crippen LogP contribution in [-0.2, 0) is 4.74 Å². The highest BCUT2D eigenvalue weighted by molar-refractivity contribution is 4.87. The zero-order valence-corrected chi connectivity index (χ0v) is 6.24. The number of hydrogen-bond acceptors (Lipinski definition) is 6. The largest absolute Gasteiger partial charge is 0.394 e. The maximum atomic E-state index is 9.12. The van der Waals surface area contributed by atoms with Crippen molar-refractivity contribution in [2.24, 2.45) is 0 Å². The third-order valence-corrected chi connectivity index (χ3v) is 1.87. The van der Waals surface area contributed by atoms with Crippen LogP contribution in [0, 0.1) is 0 Å². The second-order valence-corrected chi connectivity index (χ2v) is 2.72. The van der Waals surface area contributed by atoms with Crippen LogP contribution >= 0.6 is 0 Å². The summed E-state index contributed by atoms with van der Waals surface area (Å²) in [6.45, 7) is -0.526. The Bertz CT molecular complexity index is 146. The molecule has 0 aromatic rings. The van der Waals surface area contributed by atoms with Crippen molar-refractivity contribution in [2.45, 2.75) is 30.7 Å². The molecule has 0 aliphatic carbocycles. The van der Waals surface area contributed by atoms with Crippen LogP contribution in [0.5, 0.6) is 0 Å². The van der Waals surface area contributed by atoms with Gasteiger partial charge in [-0.15, -0.1) is 0 Å². The molecule has 1 heterocycles. The van der Waals surface area contributed by atoms with Gasteiger partial charge in [0, 0.05) is 0 Å². The molecule has 1 rings (SSSR count). The monoisotopic (exact) mass is 186 g/mol. The molecule has 6 heteroatoms. The van der Waals surface area contributed by atoms with Crippen molar-refractivity contribution in [2.75, 3.05) is 6.61 Å².